The van der Waals surface area contributed by atoms with Gasteiger partial charge in [-0.3, -0.25) is 4.90 Å². The van der Waals surface area contributed by atoms with Crippen LogP contribution in [0, 0.1) is 18.8 Å². The minimum Gasteiger partial charge on any atom is -0.316 e. The van der Waals surface area contributed by atoms with Crippen LogP contribution >= 0.6 is 0 Å². The quantitative estimate of drug-likeness (QED) is 0.845. The molecule has 0 unspecified atom stereocenters. The predicted octanol–water partition coefficient (Wildman–Crippen LogP) is 3.06. The highest BCUT2D eigenvalue weighted by atomic mass is 15.1. The largest absolute Gasteiger partial charge is 0.316 e. The third kappa shape index (κ3) is 4.96. The molecule has 1 atom stereocenters. The summed E-state index contributed by atoms with van der Waals surface area (Å²) in [5.41, 5.74) is 2.82. The van der Waals surface area contributed by atoms with Crippen molar-refractivity contribution in [2.45, 2.75) is 33.7 Å². The van der Waals surface area contributed by atoms with Crippen LogP contribution in [0.4, 0.5) is 0 Å². The highest BCUT2D eigenvalue weighted by molar-refractivity contribution is 5.22. The van der Waals surface area contributed by atoms with Gasteiger partial charge in [-0.1, -0.05) is 43.7 Å². The van der Waals surface area contributed by atoms with Gasteiger partial charge in [0.05, 0.1) is 0 Å². The molecule has 106 valence electrons. The Labute approximate surface area is 118 Å². The molecule has 2 rings (SSSR count). The Morgan fingerprint density at radius 2 is 2.21 bits per heavy atom. The van der Waals surface area contributed by atoms with E-state index in [9.17, 15) is 0 Å². The molecule has 0 amide bonds. The van der Waals surface area contributed by atoms with Crippen LogP contribution in [-0.4, -0.2) is 31.1 Å². The lowest BCUT2D eigenvalue weighted by Crippen LogP contribution is -2.33. The van der Waals surface area contributed by atoms with E-state index in [0.29, 0.717) is 0 Å². The molecule has 1 saturated heterocycles. The molecule has 19 heavy (non-hydrogen) atoms. The fourth-order valence-corrected chi connectivity index (χ4v) is 3.02. The summed E-state index contributed by atoms with van der Waals surface area (Å²) in [4.78, 5) is 2.64. The summed E-state index contributed by atoms with van der Waals surface area (Å²) in [5, 5.41) is 3.48. The van der Waals surface area contributed by atoms with Crippen LogP contribution in [0.3, 0.4) is 0 Å². The maximum atomic E-state index is 3.48. The summed E-state index contributed by atoms with van der Waals surface area (Å²) in [7, 11) is 0. The molecule has 0 saturated carbocycles. The van der Waals surface area contributed by atoms with Crippen LogP contribution in [0.5, 0.6) is 0 Å². The molecule has 1 aromatic rings. The third-order valence-corrected chi connectivity index (χ3v) is 3.79. The first-order valence-corrected chi connectivity index (χ1v) is 7.62. The number of benzene rings is 1. The van der Waals surface area contributed by atoms with Gasteiger partial charge in [0.1, 0.15) is 0 Å². The van der Waals surface area contributed by atoms with Crippen molar-refractivity contribution >= 4 is 0 Å². The van der Waals surface area contributed by atoms with Gasteiger partial charge in [0.2, 0.25) is 0 Å². The van der Waals surface area contributed by atoms with Crippen LogP contribution in [0.1, 0.15) is 31.4 Å². The Hall–Kier alpha value is -0.860. The van der Waals surface area contributed by atoms with E-state index in [2.05, 4.69) is 55.3 Å². The van der Waals surface area contributed by atoms with E-state index in [-0.39, 0.29) is 0 Å². The Balaban J connectivity index is 1.96. The molecule has 2 nitrogen and oxygen atoms in total. The first-order valence-electron chi connectivity index (χ1n) is 7.62. The summed E-state index contributed by atoms with van der Waals surface area (Å²) < 4.78 is 0. The molecule has 0 aromatic heterocycles. The minimum atomic E-state index is 0.735. The number of hydrogen-bond acceptors (Lipinski definition) is 2. The molecule has 0 spiro atoms. The lowest BCUT2D eigenvalue weighted by atomic mass is 10.1. The van der Waals surface area contributed by atoms with Crippen molar-refractivity contribution in [3.63, 3.8) is 0 Å². The smallest absolute Gasteiger partial charge is 0.0234 e. The second-order valence-electron chi connectivity index (χ2n) is 6.44. The van der Waals surface area contributed by atoms with Crippen LogP contribution < -0.4 is 5.32 Å². The van der Waals surface area contributed by atoms with Crippen LogP contribution in [-0.2, 0) is 6.54 Å². The molecule has 1 aromatic carbocycles. The van der Waals surface area contributed by atoms with Gasteiger partial charge in [0.15, 0.2) is 0 Å². The fraction of sp³-hybridized carbons (Fsp3) is 0.647. The van der Waals surface area contributed by atoms with Crippen molar-refractivity contribution in [3.8, 4) is 0 Å². The molecule has 1 aliphatic rings. The topological polar surface area (TPSA) is 15.3 Å². The van der Waals surface area contributed by atoms with Gasteiger partial charge in [-0.05, 0) is 43.8 Å². The van der Waals surface area contributed by atoms with Crippen molar-refractivity contribution in [3.05, 3.63) is 35.4 Å². The number of rotatable bonds is 6. The molecular formula is C17H28N2. The Kier molecular flexibility index (Phi) is 5.41. The highest BCUT2D eigenvalue weighted by Gasteiger charge is 2.18. The van der Waals surface area contributed by atoms with E-state index in [1.54, 1.807) is 0 Å². The van der Waals surface area contributed by atoms with E-state index < -0.39 is 0 Å². The van der Waals surface area contributed by atoms with Gasteiger partial charge < -0.3 is 5.32 Å². The fourth-order valence-electron chi connectivity index (χ4n) is 3.02. The molecule has 1 aliphatic heterocycles. The number of nitrogens with one attached hydrogen (secondary N) is 1. The van der Waals surface area contributed by atoms with Gasteiger partial charge in [-0.25, -0.2) is 0 Å². The molecule has 0 radical (unpaired) electrons. The standard InChI is InChI=1S/C17H28N2/c1-14(2)11-19(13-17-7-8-18-10-17)12-16-6-4-5-15(3)9-16/h4-6,9,14,17-18H,7-8,10-13H2,1-3H3/t17-/m0/s1. The molecule has 1 heterocycles. The first-order chi connectivity index (χ1) is 9.13. The van der Waals surface area contributed by atoms with E-state index in [0.717, 1.165) is 18.4 Å². The Bertz CT molecular complexity index is 381. The molecule has 1 fully saturated rings. The average Bonchev–Trinajstić information content (AvgIpc) is 2.80. The second-order valence-corrected chi connectivity index (χ2v) is 6.44. The zero-order valence-corrected chi connectivity index (χ0v) is 12.7. The van der Waals surface area contributed by atoms with E-state index >= 15 is 0 Å². The number of nitrogens with zero attached hydrogens (tertiary/aromatic N) is 1. The van der Waals surface area contributed by atoms with Crippen LogP contribution in [0.25, 0.3) is 0 Å². The van der Waals surface area contributed by atoms with Crippen LogP contribution in [0.15, 0.2) is 24.3 Å². The highest BCUT2D eigenvalue weighted by Crippen LogP contribution is 2.15. The molecule has 0 aliphatic carbocycles. The van der Waals surface area contributed by atoms with Gasteiger partial charge in [-0.15, -0.1) is 0 Å². The van der Waals surface area contributed by atoms with Crippen molar-refractivity contribution in [1.29, 1.82) is 0 Å². The zero-order valence-electron chi connectivity index (χ0n) is 12.7. The average molecular weight is 260 g/mol. The first kappa shape index (κ1) is 14.5. The van der Waals surface area contributed by atoms with Crippen molar-refractivity contribution < 1.29 is 0 Å². The predicted molar refractivity (Wildman–Crippen MR) is 82.3 cm³/mol. The van der Waals surface area contributed by atoms with E-state index in [1.165, 1.54) is 43.7 Å². The van der Waals surface area contributed by atoms with Gasteiger partial charge in [0.25, 0.3) is 0 Å². The van der Waals surface area contributed by atoms with Gasteiger partial charge >= 0.3 is 0 Å². The maximum absolute atomic E-state index is 3.48. The van der Waals surface area contributed by atoms with Crippen LogP contribution in [0.2, 0.25) is 0 Å². The molecule has 2 heteroatoms. The zero-order chi connectivity index (χ0) is 13.7. The third-order valence-electron chi connectivity index (χ3n) is 3.79. The lowest BCUT2D eigenvalue weighted by molar-refractivity contribution is 0.205. The Morgan fingerprint density at radius 1 is 1.37 bits per heavy atom. The molecule has 0 bridgehead atoms. The van der Waals surface area contributed by atoms with E-state index in [1.807, 2.05) is 0 Å². The molecular weight excluding hydrogens is 232 g/mol. The van der Waals surface area contributed by atoms with Crippen molar-refractivity contribution in [2.24, 2.45) is 11.8 Å². The van der Waals surface area contributed by atoms with Gasteiger partial charge in [0, 0.05) is 19.6 Å². The van der Waals surface area contributed by atoms with Gasteiger partial charge in [-0.2, -0.15) is 0 Å². The minimum absolute atomic E-state index is 0.735. The van der Waals surface area contributed by atoms with Crippen molar-refractivity contribution in [1.82, 2.24) is 10.2 Å². The monoisotopic (exact) mass is 260 g/mol. The summed E-state index contributed by atoms with van der Waals surface area (Å²) in [6.07, 6.45) is 1.34. The lowest BCUT2D eigenvalue weighted by Gasteiger charge is -2.27. The maximum Gasteiger partial charge on any atom is 0.0234 e. The molecule has 1 N–H and O–H groups in total. The Morgan fingerprint density at radius 3 is 2.84 bits per heavy atom. The number of aryl methyl sites for hydroxylation is 1. The number of hydrogen-bond donors (Lipinski definition) is 1. The second kappa shape index (κ2) is 7.06. The summed E-state index contributed by atoms with van der Waals surface area (Å²) in [5.74, 6) is 1.57. The van der Waals surface area contributed by atoms with E-state index in [4.69, 9.17) is 0 Å². The summed E-state index contributed by atoms with van der Waals surface area (Å²) in [6.45, 7) is 12.7. The summed E-state index contributed by atoms with van der Waals surface area (Å²) in [6, 6.07) is 8.93. The summed E-state index contributed by atoms with van der Waals surface area (Å²) >= 11 is 0. The van der Waals surface area contributed by atoms with Crippen molar-refractivity contribution in [2.75, 3.05) is 26.2 Å². The normalized spacial score (nSPS) is 19.5. The SMILES string of the molecule is Cc1cccc(CN(CC(C)C)C[C@H]2CCNC2)c1.